The maximum atomic E-state index is 15.1. The number of fused-ring (bicyclic) bond motifs is 1. The third kappa shape index (κ3) is 35.8. The average Bonchev–Trinajstić information content (AvgIpc) is 0.895. The van der Waals surface area contributed by atoms with Crippen molar-refractivity contribution in [1.29, 1.82) is 5.41 Å². The molecule has 10 amide bonds. The van der Waals surface area contributed by atoms with E-state index in [4.69, 9.17) is 31.1 Å². The molecule has 1 aliphatic heterocycles. The fraction of sp³-hybridized carbons (Fsp3) is 0.543. The first kappa shape index (κ1) is 106. The molecule has 1 saturated heterocycles. The van der Waals surface area contributed by atoms with Gasteiger partial charge in [0.2, 0.25) is 47.3 Å². The molecule has 13 atom stereocenters. The monoisotopic (exact) mass is 1880 g/mol. The zero-order chi connectivity index (χ0) is 96.0. The Kier molecular flexibility index (Phi) is 43.6. The van der Waals surface area contributed by atoms with Crippen LogP contribution in [0.25, 0.3) is 11.2 Å². The summed E-state index contributed by atoms with van der Waals surface area (Å²) in [6, 6.07) is -0.577. The van der Waals surface area contributed by atoms with Crippen LogP contribution in [0.4, 0.5) is 16.4 Å². The van der Waals surface area contributed by atoms with Crippen molar-refractivity contribution in [2.45, 2.75) is 218 Å². The Morgan fingerprint density at radius 3 is 2.01 bits per heavy atom. The zero-order valence-electron chi connectivity index (χ0n) is 72.9. The molecule has 712 valence electrons. The smallest absolute Gasteiger partial charge is 0.426 e. The molecule has 4 heterocycles. The molecule has 5 aromatic rings. The van der Waals surface area contributed by atoms with Crippen LogP contribution in [0.15, 0.2) is 64.9 Å². The highest BCUT2D eigenvalue weighted by molar-refractivity contribution is 8.76. The van der Waals surface area contributed by atoms with Crippen LogP contribution >= 0.6 is 32.9 Å². The van der Waals surface area contributed by atoms with Gasteiger partial charge < -0.3 is 109 Å². The Hall–Kier alpha value is -12.6. The molecule has 2 unspecified atom stereocenters. The van der Waals surface area contributed by atoms with Crippen molar-refractivity contribution in [3.05, 3.63) is 98.0 Å². The molecule has 46 nitrogen and oxygen atoms in total. The summed E-state index contributed by atoms with van der Waals surface area (Å²) < 4.78 is 17.0. The van der Waals surface area contributed by atoms with Crippen molar-refractivity contribution in [3.63, 3.8) is 0 Å². The van der Waals surface area contributed by atoms with Crippen LogP contribution in [0.5, 0.6) is 5.75 Å². The third-order valence-electron chi connectivity index (χ3n) is 20.5. The number of H-pyrrole nitrogens is 1. The minimum Gasteiger partial charge on any atom is -0.508 e. The van der Waals surface area contributed by atoms with E-state index < -0.39 is 212 Å². The van der Waals surface area contributed by atoms with Crippen LogP contribution in [0.3, 0.4) is 0 Å². The van der Waals surface area contributed by atoms with Crippen molar-refractivity contribution < 1.29 is 117 Å². The number of aliphatic hydroxyl groups is 1. The Morgan fingerprint density at radius 2 is 1.38 bits per heavy atom. The number of aromatic amines is 1. The molecule has 3 aromatic heterocycles. The van der Waals surface area contributed by atoms with Gasteiger partial charge in [-0.05, 0) is 126 Å². The number of aromatic hydroxyl groups is 1. The number of phenolic OH excluding ortho intramolecular Hbond substituents is 1. The summed E-state index contributed by atoms with van der Waals surface area (Å²) in [5.74, 6) is -17.9. The number of guanidine groups is 1. The first-order valence-electron chi connectivity index (χ1n) is 41.8. The second kappa shape index (κ2) is 53.4. The Balaban J connectivity index is 1.01. The number of esters is 1. The third-order valence-corrected chi connectivity index (χ3v) is 23.8. The van der Waals surface area contributed by atoms with E-state index in [2.05, 4.69) is 83.6 Å². The van der Waals surface area contributed by atoms with Crippen LogP contribution in [0, 0.1) is 23.2 Å². The number of amides is 10. The van der Waals surface area contributed by atoms with Gasteiger partial charge in [0.25, 0.3) is 17.4 Å². The number of nitrogen functional groups attached to an aromatic ring is 1. The molecule has 2 aromatic carbocycles. The highest BCUT2D eigenvalue weighted by Crippen LogP contribution is 2.33. The summed E-state index contributed by atoms with van der Waals surface area (Å²) in [6.45, 7) is 12.0. The summed E-state index contributed by atoms with van der Waals surface area (Å²) in [5.41, 5.74) is 16.1. The Labute approximate surface area is 758 Å². The fourth-order valence-electron chi connectivity index (χ4n) is 13.3. The second-order valence-electron chi connectivity index (χ2n) is 31.1. The van der Waals surface area contributed by atoms with E-state index in [1.54, 1.807) is 19.1 Å². The summed E-state index contributed by atoms with van der Waals surface area (Å²) in [6.07, 6.45) is -2.80. The fourth-order valence-corrected chi connectivity index (χ4v) is 16.2. The van der Waals surface area contributed by atoms with Gasteiger partial charge in [-0.3, -0.25) is 83.0 Å². The normalized spacial score (nSPS) is 15.4. The van der Waals surface area contributed by atoms with E-state index in [9.17, 15) is 103 Å². The second-order valence-corrected chi connectivity index (χ2v) is 34.6. The number of ether oxygens (including phenoxy) is 3. The number of benzene rings is 2. The zero-order valence-corrected chi connectivity index (χ0v) is 75.4. The summed E-state index contributed by atoms with van der Waals surface area (Å²) >= 11 is 1.04. The number of nitrogens with one attached hydrogen (secondary N) is 13. The van der Waals surface area contributed by atoms with Gasteiger partial charge in [0, 0.05) is 71.9 Å². The number of carbonyl (C=O) groups excluding carboxylic acids is 11. The lowest BCUT2D eigenvalue weighted by atomic mass is 9.92. The van der Waals surface area contributed by atoms with Crippen molar-refractivity contribution >= 4 is 151 Å². The maximum Gasteiger partial charge on any atom is 0.426 e. The number of hydrogen-bond donors (Lipinski definition) is 21. The molecular formula is C81H115N21O25S3. The van der Waals surface area contributed by atoms with Crippen molar-refractivity contribution in [2.24, 2.45) is 23.5 Å². The predicted octanol–water partition coefficient (Wildman–Crippen LogP) is 1.43. The minimum atomic E-state index is -2.05. The number of carboxylic acid groups (broad SMARTS) is 4. The summed E-state index contributed by atoms with van der Waals surface area (Å²) in [5, 5.41) is 92.3. The molecule has 0 radical (unpaired) electrons. The molecule has 1 fully saturated rings. The number of likely N-dealkylation sites (tertiary alicyclic amines) is 1. The van der Waals surface area contributed by atoms with Gasteiger partial charge >= 0.3 is 35.9 Å². The van der Waals surface area contributed by atoms with Crippen molar-refractivity contribution in [3.8, 4) is 5.75 Å². The number of thiazole rings is 1. The SMILES string of the molecule is CCCC(=O)OCN(C(=O)[C@@H](NC(=O)[C@H]1CCCCN1C)C(C)CC)[C@H](C[C@@H](OC(C)O)c1nc(C(=O)N[C@@H](Cc2ccc(O)cc2)C[C@H](C)C(=O)NNC(=O)OCCSSC[C@H](NC(=O)[C@H](CC(=O)O)NC(=O)[C@H](CCCNC(=N)N)NC(=O)[C@@H](CC(=O)O)NC(=O)CC[C@H](NC(=O)c2ccc(NCc3cnc4nc(N)[nH]c(=O)c4n3)cc2)C(=O)O)C(=O)O)cs1)C(C)C. The van der Waals surface area contributed by atoms with Gasteiger partial charge in [-0.2, -0.15) is 4.98 Å². The van der Waals surface area contributed by atoms with Gasteiger partial charge in [-0.25, -0.2) is 34.8 Å². The maximum absolute atomic E-state index is 15.1. The number of aliphatic carboxylic acids is 4. The number of hydrogen-bond acceptors (Lipinski definition) is 32. The Morgan fingerprint density at radius 1 is 0.731 bits per heavy atom. The molecule has 1 aliphatic rings. The van der Waals surface area contributed by atoms with Gasteiger partial charge in [0.15, 0.2) is 30.1 Å². The molecular weight excluding hydrogens is 1760 g/mol. The Bertz CT molecular complexity index is 4800. The van der Waals surface area contributed by atoms with Gasteiger partial charge in [0.05, 0.1) is 37.3 Å². The van der Waals surface area contributed by atoms with Crippen LogP contribution in [-0.4, -0.2) is 266 Å². The lowest BCUT2D eigenvalue weighted by molar-refractivity contribution is -0.163. The number of nitrogens with zero attached hydrogens (tertiary/aromatic N) is 6. The van der Waals surface area contributed by atoms with E-state index in [1.807, 2.05) is 39.6 Å². The van der Waals surface area contributed by atoms with E-state index in [-0.39, 0.29) is 114 Å². The lowest BCUT2D eigenvalue weighted by Crippen LogP contribution is -2.59. The first-order valence-corrected chi connectivity index (χ1v) is 45.2. The first-order chi connectivity index (χ1) is 61.6. The standard InChI is InChI=1S/C81H115N21O25S3/c1-9-14-63(110)126-40-102(76(119)64(42(5)10-2)96-73(117)57-16-11-12-28-101(57)8)58(41(3)4)35-59(127-44(7)103)75-95-55(38-128-75)72(116)89-48(32-45-17-23-50(104)24-18-45)31-43(6)67(111)99-100-81(124)125-29-30-129-130-39-56(78(122)123)94-71(115)54(34-62(108)109)93-69(113)51(15-13-27-85-79(82)83)91-70(114)53(33-61(106)107)90-60(105)26-25-52(77(120)121)92-68(112)46-19-21-47(22-20-46)86-36-49-37-87-66-65(88-49)74(118)98-80(84)97-66/h17-24,37-38,41-44,48,51-54,56-59,64,86,103-104H,9-16,25-36,39-40H2,1-8H3,(H,89,116)(H,90,105)(H,91,114)(H,92,112)(H,93,113)(H,94,115)(H,96,117)(H,99,111)(H,100,124)(H,106,107)(H,108,109)(H,120,121)(H,122,123)(H4,82,83,85)(H3,84,87,97,98,118)/t42?,43-,44?,48+,51-,52-,53+,54-,56-,57+,58+,59+,64-/m0/s1. The number of hydrazine groups is 1. The highest BCUT2D eigenvalue weighted by atomic mass is 33.1. The van der Waals surface area contributed by atoms with E-state index >= 15 is 4.79 Å². The number of aromatic nitrogens is 5. The largest absolute Gasteiger partial charge is 0.508 e. The van der Waals surface area contributed by atoms with Crippen LogP contribution in [0.2, 0.25) is 0 Å². The molecule has 130 heavy (non-hydrogen) atoms. The van der Waals surface area contributed by atoms with Crippen molar-refractivity contribution in [1.82, 2.24) is 88.1 Å². The van der Waals surface area contributed by atoms with Crippen LogP contribution in [-0.2, 0) is 84.7 Å². The molecule has 0 bridgehead atoms. The quantitative estimate of drug-likeness (QED) is 0.00498. The number of aliphatic hydroxyl groups excluding tert-OH is 1. The number of anilines is 2. The minimum absolute atomic E-state index is 0.0141. The molecule has 49 heteroatoms. The number of carboxylic acids is 4. The van der Waals surface area contributed by atoms with Gasteiger partial charge in [-0.15, -0.1) is 11.3 Å². The van der Waals surface area contributed by atoms with Crippen LogP contribution in [0.1, 0.15) is 182 Å². The number of carbonyl (C=O) groups is 15. The highest BCUT2D eigenvalue weighted by Gasteiger charge is 2.41. The van der Waals surface area contributed by atoms with E-state index in [1.165, 1.54) is 66.7 Å². The van der Waals surface area contributed by atoms with Gasteiger partial charge in [-0.1, -0.05) is 88.1 Å². The molecule has 23 N–H and O–H groups in total. The summed E-state index contributed by atoms with van der Waals surface area (Å²) in [4.78, 5) is 235. The number of nitrogens with two attached hydrogens (primary N) is 2. The van der Waals surface area contributed by atoms with Crippen molar-refractivity contribution in [2.75, 3.05) is 56.0 Å². The molecule has 0 saturated carbocycles. The van der Waals surface area contributed by atoms with E-state index in [0.717, 1.165) is 45.8 Å². The molecule has 0 spiro atoms. The van der Waals surface area contributed by atoms with E-state index in [0.29, 0.717) is 42.8 Å². The lowest BCUT2D eigenvalue weighted by Gasteiger charge is -2.39. The molecule has 6 rings (SSSR count). The van der Waals surface area contributed by atoms with Crippen LogP contribution < -0.4 is 75.7 Å². The number of piperidine rings is 1. The molecule has 0 aliphatic carbocycles. The topological polar surface area (TPSA) is 704 Å². The predicted molar refractivity (Wildman–Crippen MR) is 473 cm³/mol. The average molecular weight is 1880 g/mol. The summed E-state index contributed by atoms with van der Waals surface area (Å²) in [7, 11) is 3.67. The van der Waals surface area contributed by atoms with Gasteiger partial charge in [0.1, 0.15) is 65.4 Å². The number of rotatable bonds is 54. The number of phenols is 1. The number of likely N-dealkylation sites (N-methyl/N-ethyl adjacent to an activating group) is 1.